The van der Waals surface area contributed by atoms with E-state index in [1.54, 1.807) is 0 Å². The molecule has 4 nitrogen and oxygen atoms in total. The van der Waals surface area contributed by atoms with Gasteiger partial charge in [-0.2, -0.15) is 0 Å². The summed E-state index contributed by atoms with van der Waals surface area (Å²) in [6.07, 6.45) is 50.4. The molecule has 0 fully saturated rings. The first-order valence-corrected chi connectivity index (χ1v) is 20.5. The van der Waals surface area contributed by atoms with Crippen molar-refractivity contribution in [3.05, 3.63) is 36.5 Å². The predicted octanol–water partition coefficient (Wildman–Crippen LogP) is 14.2. The average molecular weight is 659 g/mol. The van der Waals surface area contributed by atoms with E-state index in [1.165, 1.54) is 122 Å². The number of carboxylic acids is 1. The smallest absolute Gasteiger partial charge is 0.306 e. The van der Waals surface area contributed by atoms with Crippen molar-refractivity contribution in [1.29, 1.82) is 0 Å². The number of unbranched alkanes of at least 4 members (excludes halogenated alkanes) is 24. The molecular formula is C43H78O4. The number of ether oxygens (including phenoxy) is 1. The van der Waals surface area contributed by atoms with E-state index in [4.69, 9.17) is 9.84 Å². The Kier molecular flexibility index (Phi) is 37.1. The van der Waals surface area contributed by atoms with Gasteiger partial charge < -0.3 is 9.84 Å². The minimum absolute atomic E-state index is 0.0405. The maximum absolute atomic E-state index is 12.6. The largest absolute Gasteiger partial charge is 0.481 e. The van der Waals surface area contributed by atoms with Crippen LogP contribution in [0.1, 0.15) is 219 Å². The van der Waals surface area contributed by atoms with Crippen LogP contribution in [0.2, 0.25) is 0 Å². The Labute approximate surface area is 292 Å². The molecule has 1 N–H and O–H groups in total. The zero-order chi connectivity index (χ0) is 34.3. The summed E-state index contributed by atoms with van der Waals surface area (Å²) in [6.45, 7) is 4.52. The van der Waals surface area contributed by atoms with E-state index in [0.29, 0.717) is 6.42 Å². The molecule has 4 heteroatoms. The maximum atomic E-state index is 12.6. The highest BCUT2D eigenvalue weighted by Gasteiger charge is 2.11. The van der Waals surface area contributed by atoms with Crippen molar-refractivity contribution in [3.63, 3.8) is 0 Å². The summed E-state index contributed by atoms with van der Waals surface area (Å²) < 4.78 is 5.93. The first-order valence-electron chi connectivity index (χ1n) is 20.5. The van der Waals surface area contributed by atoms with Crippen molar-refractivity contribution < 1.29 is 19.4 Å². The van der Waals surface area contributed by atoms with Crippen LogP contribution in [0.5, 0.6) is 0 Å². The van der Waals surface area contributed by atoms with E-state index < -0.39 is 5.97 Å². The molecule has 0 aliphatic heterocycles. The van der Waals surface area contributed by atoms with E-state index in [-0.39, 0.29) is 18.5 Å². The number of allylic oxidation sites excluding steroid dienone is 5. The highest BCUT2D eigenvalue weighted by Crippen LogP contribution is 2.16. The van der Waals surface area contributed by atoms with Crippen molar-refractivity contribution in [1.82, 2.24) is 0 Å². The van der Waals surface area contributed by atoms with Crippen LogP contribution < -0.4 is 0 Å². The zero-order valence-electron chi connectivity index (χ0n) is 31.3. The molecule has 0 heterocycles. The fourth-order valence-electron chi connectivity index (χ4n) is 6.01. The third-order valence-corrected chi connectivity index (χ3v) is 9.07. The third kappa shape index (κ3) is 38.5. The van der Waals surface area contributed by atoms with Gasteiger partial charge in [-0.15, -0.1) is 0 Å². The van der Waals surface area contributed by atoms with Gasteiger partial charge in [-0.1, -0.05) is 166 Å². The van der Waals surface area contributed by atoms with Crippen molar-refractivity contribution in [2.75, 3.05) is 0 Å². The molecule has 0 amide bonds. The second-order valence-electron chi connectivity index (χ2n) is 13.8. The molecule has 0 aromatic heterocycles. The molecule has 0 rings (SSSR count). The zero-order valence-corrected chi connectivity index (χ0v) is 31.3. The molecule has 0 bridgehead atoms. The van der Waals surface area contributed by atoms with Gasteiger partial charge in [-0.3, -0.25) is 9.59 Å². The summed E-state index contributed by atoms with van der Waals surface area (Å²) in [5, 5.41) is 8.78. The number of carboxylic acid groups (broad SMARTS) is 1. The summed E-state index contributed by atoms with van der Waals surface area (Å²) in [4.78, 5) is 23.3. The maximum Gasteiger partial charge on any atom is 0.306 e. The molecular weight excluding hydrogens is 580 g/mol. The van der Waals surface area contributed by atoms with Crippen molar-refractivity contribution in [2.45, 2.75) is 225 Å². The Bertz CT molecular complexity index is 753. The van der Waals surface area contributed by atoms with Crippen LogP contribution in [0.25, 0.3) is 0 Å². The molecule has 274 valence electrons. The Balaban J connectivity index is 4.00. The second kappa shape index (κ2) is 38.6. The van der Waals surface area contributed by atoms with Crippen molar-refractivity contribution in [2.24, 2.45) is 0 Å². The normalized spacial score (nSPS) is 12.6. The van der Waals surface area contributed by atoms with Crippen LogP contribution in [0, 0.1) is 0 Å². The monoisotopic (exact) mass is 659 g/mol. The van der Waals surface area contributed by atoms with Crippen LogP contribution in [0.3, 0.4) is 0 Å². The van der Waals surface area contributed by atoms with Crippen LogP contribution in [0.4, 0.5) is 0 Å². The lowest BCUT2D eigenvalue weighted by Crippen LogP contribution is -2.16. The fraction of sp³-hybridized carbons (Fsp3) is 0.814. The fourth-order valence-corrected chi connectivity index (χ4v) is 6.01. The topological polar surface area (TPSA) is 63.6 Å². The lowest BCUT2D eigenvalue weighted by molar-refractivity contribution is -0.147. The van der Waals surface area contributed by atoms with Gasteiger partial charge in [0.25, 0.3) is 0 Å². The molecule has 1 atom stereocenters. The van der Waals surface area contributed by atoms with Gasteiger partial charge in [0.1, 0.15) is 6.10 Å². The minimum atomic E-state index is -0.699. The molecule has 0 aromatic carbocycles. The highest BCUT2D eigenvalue weighted by atomic mass is 16.5. The first kappa shape index (κ1) is 45.2. The van der Waals surface area contributed by atoms with Gasteiger partial charge in [0.15, 0.2) is 0 Å². The van der Waals surface area contributed by atoms with E-state index >= 15 is 0 Å². The molecule has 0 saturated carbocycles. The van der Waals surface area contributed by atoms with E-state index in [2.05, 4.69) is 50.3 Å². The predicted molar refractivity (Wildman–Crippen MR) is 204 cm³/mol. The quantitative estimate of drug-likeness (QED) is 0.0410. The molecule has 0 radical (unpaired) electrons. The summed E-state index contributed by atoms with van der Waals surface area (Å²) in [6, 6.07) is 0. The molecule has 0 saturated heterocycles. The number of carbonyl (C=O) groups excluding carboxylic acids is 1. The van der Waals surface area contributed by atoms with Crippen LogP contribution in [0.15, 0.2) is 36.5 Å². The average Bonchev–Trinajstić information content (AvgIpc) is 3.05. The SMILES string of the molecule is CCCCC/C=C\C/C=C\CCCCCCCCCCCC(=O)OC(/C=C\CCCCCCCCC)CCCCCCCCC(=O)O. The van der Waals surface area contributed by atoms with Gasteiger partial charge in [0.2, 0.25) is 0 Å². The van der Waals surface area contributed by atoms with Crippen molar-refractivity contribution in [3.8, 4) is 0 Å². The molecule has 0 aromatic rings. The first-order chi connectivity index (χ1) is 23.1. The number of esters is 1. The Hall–Kier alpha value is -1.84. The molecule has 0 aliphatic rings. The summed E-state index contributed by atoms with van der Waals surface area (Å²) in [5.41, 5.74) is 0. The summed E-state index contributed by atoms with van der Waals surface area (Å²) in [5.74, 6) is -0.740. The second-order valence-corrected chi connectivity index (χ2v) is 13.8. The summed E-state index contributed by atoms with van der Waals surface area (Å²) in [7, 11) is 0. The number of hydrogen-bond acceptors (Lipinski definition) is 3. The number of carbonyl (C=O) groups is 2. The molecule has 0 aliphatic carbocycles. The molecule has 47 heavy (non-hydrogen) atoms. The number of rotatable bonds is 37. The van der Waals surface area contributed by atoms with E-state index in [0.717, 1.165) is 70.6 Å². The Morgan fingerprint density at radius 2 is 0.894 bits per heavy atom. The van der Waals surface area contributed by atoms with E-state index in [1.807, 2.05) is 0 Å². The number of hydrogen-bond donors (Lipinski definition) is 1. The highest BCUT2D eigenvalue weighted by molar-refractivity contribution is 5.69. The minimum Gasteiger partial charge on any atom is -0.481 e. The van der Waals surface area contributed by atoms with Crippen molar-refractivity contribution >= 4 is 11.9 Å². The molecule has 1 unspecified atom stereocenters. The number of aliphatic carboxylic acids is 1. The van der Waals surface area contributed by atoms with Gasteiger partial charge in [0.05, 0.1) is 0 Å². The van der Waals surface area contributed by atoms with Crippen LogP contribution in [-0.2, 0) is 14.3 Å². The van der Waals surface area contributed by atoms with Crippen LogP contribution >= 0.6 is 0 Å². The van der Waals surface area contributed by atoms with Gasteiger partial charge >= 0.3 is 11.9 Å². The van der Waals surface area contributed by atoms with Gasteiger partial charge in [-0.25, -0.2) is 0 Å². The lowest BCUT2D eigenvalue weighted by atomic mass is 10.0. The van der Waals surface area contributed by atoms with Crippen LogP contribution in [-0.4, -0.2) is 23.1 Å². The Morgan fingerprint density at radius 1 is 0.489 bits per heavy atom. The standard InChI is InChI=1S/C43H78O4/c1-3-5-7-9-11-13-14-15-16-17-18-19-20-21-22-24-26-32-36-40-43(46)47-41(37-33-29-25-23-12-10-8-6-4-2)38-34-30-27-28-31-35-39-42(44)45/h11,13,15-16,33,37,41H,3-10,12,14,17-32,34-36,38-40H2,1-2H3,(H,44,45)/b13-11-,16-15-,37-33-. The van der Waals surface area contributed by atoms with Gasteiger partial charge in [-0.05, 0) is 76.7 Å². The third-order valence-electron chi connectivity index (χ3n) is 9.07. The van der Waals surface area contributed by atoms with Gasteiger partial charge in [0, 0.05) is 12.8 Å². The lowest BCUT2D eigenvalue weighted by Gasteiger charge is -2.15. The van der Waals surface area contributed by atoms with E-state index in [9.17, 15) is 9.59 Å². The summed E-state index contributed by atoms with van der Waals surface area (Å²) >= 11 is 0. The molecule has 0 spiro atoms. The Morgan fingerprint density at radius 3 is 1.43 bits per heavy atom.